The largest absolute Gasteiger partial charge is 0.462 e. The van der Waals surface area contributed by atoms with Gasteiger partial charge in [0.2, 0.25) is 15.9 Å². The predicted octanol–water partition coefficient (Wildman–Crippen LogP) is 1.96. The molecule has 0 radical (unpaired) electrons. The number of esters is 1. The van der Waals surface area contributed by atoms with Crippen molar-refractivity contribution < 1.29 is 35.9 Å². The Morgan fingerprint density at radius 1 is 1.29 bits per heavy atom. The fraction of sp³-hybridized carbons (Fsp3) is 0.333. The molecular weight excluding hydrogens is 477 g/mol. The van der Waals surface area contributed by atoms with E-state index in [0.29, 0.717) is 0 Å². The zero-order chi connectivity index (χ0) is 25.0. The number of halogens is 3. The molecule has 0 unspecified atom stereocenters. The molecule has 13 heteroatoms. The topological polar surface area (TPSA) is 129 Å². The van der Waals surface area contributed by atoms with E-state index in [4.69, 9.17) is 4.74 Å². The summed E-state index contributed by atoms with van der Waals surface area (Å²) in [5.41, 5.74) is -1.18. The van der Waals surface area contributed by atoms with Gasteiger partial charge in [-0.25, -0.2) is 31.4 Å². The molecule has 1 amide bonds. The molecule has 1 aliphatic rings. The second-order valence-corrected chi connectivity index (χ2v) is 9.07. The maximum Gasteiger partial charge on any atom is 0.340 e. The van der Waals surface area contributed by atoms with Gasteiger partial charge in [-0.1, -0.05) is 6.07 Å². The molecule has 1 N–H and O–H groups in total. The molecule has 1 saturated heterocycles. The van der Waals surface area contributed by atoms with Gasteiger partial charge in [0.25, 0.3) is 0 Å². The van der Waals surface area contributed by atoms with Crippen molar-refractivity contribution in [2.45, 2.75) is 19.4 Å². The SMILES string of the molecule is CCOC(=O)c1cc(C#N)c(N2CC(C(=O)NS(=O)(=O)Cc3c(F)cccc3F)C2)nc1CF. The van der Waals surface area contributed by atoms with Crippen LogP contribution in [0.3, 0.4) is 0 Å². The Bertz CT molecular complexity index is 1250. The van der Waals surface area contributed by atoms with Gasteiger partial charge in [0.15, 0.2) is 0 Å². The highest BCUT2D eigenvalue weighted by Gasteiger charge is 2.37. The highest BCUT2D eigenvalue weighted by molar-refractivity contribution is 7.89. The van der Waals surface area contributed by atoms with Crippen LogP contribution in [0.2, 0.25) is 0 Å². The molecule has 34 heavy (non-hydrogen) atoms. The molecule has 9 nitrogen and oxygen atoms in total. The van der Waals surface area contributed by atoms with Crippen LogP contribution in [0.1, 0.15) is 34.1 Å². The summed E-state index contributed by atoms with van der Waals surface area (Å²) >= 11 is 0. The van der Waals surface area contributed by atoms with Gasteiger partial charge < -0.3 is 9.64 Å². The molecule has 0 atom stereocenters. The number of ether oxygens (including phenoxy) is 1. The predicted molar refractivity (Wildman–Crippen MR) is 113 cm³/mol. The minimum absolute atomic E-state index is 0.0310. The summed E-state index contributed by atoms with van der Waals surface area (Å²) < 4.78 is 72.0. The van der Waals surface area contributed by atoms with Gasteiger partial charge >= 0.3 is 5.97 Å². The van der Waals surface area contributed by atoms with Crippen molar-refractivity contribution in [2.75, 3.05) is 24.6 Å². The molecule has 0 spiro atoms. The Kier molecular flexibility index (Phi) is 7.41. The van der Waals surface area contributed by atoms with E-state index in [1.807, 2.05) is 6.07 Å². The van der Waals surface area contributed by atoms with Gasteiger partial charge in [-0.15, -0.1) is 0 Å². The van der Waals surface area contributed by atoms with Crippen molar-refractivity contribution in [3.63, 3.8) is 0 Å². The summed E-state index contributed by atoms with van der Waals surface area (Å²) in [5.74, 6) is -5.72. The molecule has 1 fully saturated rings. The smallest absolute Gasteiger partial charge is 0.340 e. The van der Waals surface area contributed by atoms with Crippen molar-refractivity contribution in [3.8, 4) is 6.07 Å². The number of benzene rings is 1. The number of hydrogen-bond donors (Lipinski definition) is 1. The van der Waals surface area contributed by atoms with E-state index >= 15 is 0 Å². The number of carbonyl (C=O) groups excluding carboxylic acids is 2. The number of nitrogens with one attached hydrogen (secondary N) is 1. The zero-order valence-electron chi connectivity index (χ0n) is 17.8. The molecular formula is C21H19F3N4O5S. The Morgan fingerprint density at radius 3 is 2.50 bits per heavy atom. The zero-order valence-corrected chi connectivity index (χ0v) is 18.7. The van der Waals surface area contributed by atoms with Crippen molar-refractivity contribution in [1.82, 2.24) is 9.71 Å². The van der Waals surface area contributed by atoms with E-state index < -0.39 is 57.4 Å². The number of amides is 1. The van der Waals surface area contributed by atoms with Crippen molar-refractivity contribution in [3.05, 3.63) is 58.3 Å². The monoisotopic (exact) mass is 496 g/mol. The van der Waals surface area contributed by atoms with Crippen molar-refractivity contribution in [2.24, 2.45) is 5.92 Å². The number of pyridine rings is 1. The van der Waals surface area contributed by atoms with E-state index in [1.54, 1.807) is 11.6 Å². The van der Waals surface area contributed by atoms with Crippen LogP contribution in [-0.2, 0) is 32.0 Å². The molecule has 1 aliphatic heterocycles. The number of hydrogen-bond acceptors (Lipinski definition) is 8. The van der Waals surface area contributed by atoms with Gasteiger partial charge in [0.1, 0.15) is 35.9 Å². The second-order valence-electron chi connectivity index (χ2n) is 7.35. The van der Waals surface area contributed by atoms with Crippen LogP contribution in [0.4, 0.5) is 19.0 Å². The van der Waals surface area contributed by atoms with Crippen LogP contribution in [0.5, 0.6) is 0 Å². The van der Waals surface area contributed by atoms with Gasteiger partial charge in [0.05, 0.1) is 29.3 Å². The number of alkyl halides is 1. The van der Waals surface area contributed by atoms with E-state index in [-0.39, 0.29) is 42.3 Å². The van der Waals surface area contributed by atoms with Gasteiger partial charge in [0, 0.05) is 18.7 Å². The molecule has 1 aromatic carbocycles. The molecule has 0 saturated carbocycles. The minimum atomic E-state index is -4.39. The average Bonchev–Trinajstić information content (AvgIpc) is 2.74. The number of aromatic nitrogens is 1. The van der Waals surface area contributed by atoms with E-state index in [1.165, 1.54) is 4.90 Å². The Balaban J connectivity index is 1.70. The first-order chi connectivity index (χ1) is 16.1. The van der Waals surface area contributed by atoms with Crippen LogP contribution in [0.15, 0.2) is 24.3 Å². The lowest BCUT2D eigenvalue weighted by Gasteiger charge is -2.39. The van der Waals surface area contributed by atoms with Crippen LogP contribution in [-0.4, -0.2) is 45.0 Å². The summed E-state index contributed by atoms with van der Waals surface area (Å²) in [7, 11) is -4.39. The highest BCUT2D eigenvalue weighted by Crippen LogP contribution is 2.29. The van der Waals surface area contributed by atoms with E-state index in [2.05, 4.69) is 4.98 Å². The fourth-order valence-corrected chi connectivity index (χ4v) is 4.50. The third-order valence-corrected chi connectivity index (χ3v) is 6.21. The normalized spacial score (nSPS) is 13.7. The first-order valence-corrected chi connectivity index (χ1v) is 11.6. The number of rotatable bonds is 8. The molecule has 0 bridgehead atoms. The lowest BCUT2D eigenvalue weighted by atomic mass is 9.98. The molecule has 1 aromatic heterocycles. The summed E-state index contributed by atoms with van der Waals surface area (Å²) in [6, 6.07) is 5.89. The highest BCUT2D eigenvalue weighted by atomic mass is 32.2. The maximum atomic E-state index is 13.7. The summed E-state index contributed by atoms with van der Waals surface area (Å²) in [4.78, 5) is 29.8. The molecule has 180 valence electrons. The standard InChI is InChI=1S/C21H19F3N4O5S/c1-2-33-21(30)14-6-12(8-25)19(26-18(14)7-22)28-9-13(10-28)20(29)27-34(31,32)11-15-16(23)4-3-5-17(15)24/h3-6,13H,2,7,9-11H2,1H3,(H,27,29). The molecule has 0 aliphatic carbocycles. The van der Waals surface area contributed by atoms with E-state index in [0.717, 1.165) is 24.3 Å². The third-order valence-electron chi connectivity index (χ3n) is 5.03. The molecule has 2 aromatic rings. The Hall–Kier alpha value is -3.66. The Morgan fingerprint density at radius 2 is 1.94 bits per heavy atom. The van der Waals surface area contributed by atoms with E-state index in [9.17, 15) is 36.4 Å². The van der Waals surface area contributed by atoms with Crippen molar-refractivity contribution >= 4 is 27.7 Å². The lowest BCUT2D eigenvalue weighted by molar-refractivity contribution is -0.123. The second kappa shape index (κ2) is 10.1. The maximum absolute atomic E-state index is 13.7. The minimum Gasteiger partial charge on any atom is -0.462 e. The molecule has 3 rings (SSSR count). The van der Waals surface area contributed by atoms with Crippen LogP contribution in [0.25, 0.3) is 0 Å². The third kappa shape index (κ3) is 5.28. The average molecular weight is 496 g/mol. The fourth-order valence-electron chi connectivity index (χ4n) is 3.30. The number of carbonyl (C=O) groups is 2. The van der Waals surface area contributed by atoms with Gasteiger partial charge in [-0.2, -0.15) is 5.26 Å². The van der Waals surface area contributed by atoms with Crippen LogP contribution >= 0.6 is 0 Å². The van der Waals surface area contributed by atoms with Crippen LogP contribution in [0, 0.1) is 28.9 Å². The lowest BCUT2D eigenvalue weighted by Crippen LogP contribution is -2.55. The Labute approximate surface area is 193 Å². The van der Waals surface area contributed by atoms with Crippen molar-refractivity contribution in [1.29, 1.82) is 5.26 Å². The first kappa shape index (κ1) is 25.0. The van der Waals surface area contributed by atoms with Gasteiger partial charge in [-0.05, 0) is 25.1 Å². The quantitative estimate of drug-likeness (QED) is 0.549. The van der Waals surface area contributed by atoms with Gasteiger partial charge in [-0.3, -0.25) is 9.52 Å². The van der Waals surface area contributed by atoms with Crippen LogP contribution < -0.4 is 9.62 Å². The first-order valence-electron chi connectivity index (χ1n) is 9.99. The summed E-state index contributed by atoms with van der Waals surface area (Å²) in [5, 5.41) is 9.42. The number of nitrogens with zero attached hydrogens (tertiary/aromatic N) is 3. The number of anilines is 1. The number of nitriles is 1. The summed E-state index contributed by atoms with van der Waals surface area (Å²) in [6.07, 6.45) is 0. The number of sulfonamides is 1. The summed E-state index contributed by atoms with van der Waals surface area (Å²) in [6.45, 7) is 0.403. The molecule has 2 heterocycles.